The van der Waals surface area contributed by atoms with E-state index in [1.54, 1.807) is 7.05 Å². The number of carbonyl (C=O) groups is 2. The Bertz CT molecular complexity index is 224. The van der Waals surface area contributed by atoms with Crippen LogP contribution in [0.4, 0.5) is 0 Å². The van der Waals surface area contributed by atoms with Crippen molar-refractivity contribution in [2.75, 3.05) is 20.1 Å². The Morgan fingerprint density at radius 1 is 1.57 bits per heavy atom. The van der Waals surface area contributed by atoms with Gasteiger partial charge in [0.1, 0.15) is 0 Å². The van der Waals surface area contributed by atoms with Crippen LogP contribution in [0.5, 0.6) is 0 Å². The normalized spacial score (nSPS) is 20.8. The van der Waals surface area contributed by atoms with E-state index in [2.05, 4.69) is 5.32 Å². The van der Waals surface area contributed by atoms with Crippen LogP contribution in [-0.2, 0) is 9.59 Å². The molecule has 0 aliphatic carbocycles. The summed E-state index contributed by atoms with van der Waals surface area (Å²) in [6, 6.07) is -0.103. The van der Waals surface area contributed by atoms with E-state index in [0.29, 0.717) is 0 Å². The van der Waals surface area contributed by atoms with Crippen LogP contribution in [0.2, 0.25) is 0 Å². The Labute approximate surface area is 83.1 Å². The lowest BCUT2D eigenvalue weighted by molar-refractivity contribution is -0.138. The minimum atomic E-state index is -0.871. The fourth-order valence-corrected chi connectivity index (χ4v) is 1.53. The summed E-state index contributed by atoms with van der Waals surface area (Å²) < 4.78 is 0. The maximum Gasteiger partial charge on any atom is 0.305 e. The number of aliphatic carboxylic acids is 1. The average molecular weight is 200 g/mol. The quantitative estimate of drug-likeness (QED) is 0.652. The summed E-state index contributed by atoms with van der Waals surface area (Å²) in [5.41, 5.74) is 0. The molecule has 80 valence electrons. The minimum absolute atomic E-state index is 0.00347. The lowest BCUT2D eigenvalue weighted by Crippen LogP contribution is -2.42. The maximum atomic E-state index is 11.6. The number of hydrogen-bond donors (Lipinski definition) is 2. The van der Waals surface area contributed by atoms with Crippen LogP contribution < -0.4 is 5.32 Å². The molecule has 0 aromatic rings. The summed E-state index contributed by atoms with van der Waals surface area (Å²) in [6.45, 7) is 1.16. The summed E-state index contributed by atoms with van der Waals surface area (Å²) >= 11 is 0. The molecule has 1 atom stereocenters. The van der Waals surface area contributed by atoms with Gasteiger partial charge in [0.25, 0.3) is 0 Å². The zero-order chi connectivity index (χ0) is 10.6. The summed E-state index contributed by atoms with van der Waals surface area (Å²) in [5.74, 6) is -0.868. The largest absolute Gasteiger partial charge is 0.481 e. The van der Waals surface area contributed by atoms with Crippen LogP contribution in [0.3, 0.4) is 0 Å². The van der Waals surface area contributed by atoms with E-state index in [-0.39, 0.29) is 24.9 Å². The molecule has 5 nitrogen and oxygen atoms in total. The molecule has 1 heterocycles. The molecule has 1 aliphatic heterocycles. The fraction of sp³-hybridized carbons (Fsp3) is 0.778. The van der Waals surface area contributed by atoms with Gasteiger partial charge in [0.2, 0.25) is 5.91 Å². The molecule has 1 rings (SSSR count). The zero-order valence-electron chi connectivity index (χ0n) is 8.32. The lowest BCUT2D eigenvalue weighted by Gasteiger charge is -2.20. The second-order valence-corrected chi connectivity index (χ2v) is 3.55. The third-order valence-electron chi connectivity index (χ3n) is 2.40. The van der Waals surface area contributed by atoms with Gasteiger partial charge in [-0.1, -0.05) is 0 Å². The molecular formula is C9H16N2O3. The predicted octanol–water partition coefficient (Wildman–Crippen LogP) is -0.328. The second kappa shape index (κ2) is 4.95. The molecule has 0 saturated carbocycles. The summed E-state index contributed by atoms with van der Waals surface area (Å²) in [6.07, 6.45) is 1.88. The Morgan fingerprint density at radius 2 is 2.29 bits per heavy atom. The van der Waals surface area contributed by atoms with E-state index in [4.69, 9.17) is 5.11 Å². The molecule has 0 spiro atoms. The molecule has 0 aromatic carbocycles. The van der Waals surface area contributed by atoms with Gasteiger partial charge in [-0.2, -0.15) is 0 Å². The van der Waals surface area contributed by atoms with E-state index in [1.807, 2.05) is 0 Å². The standard InChI is InChI=1S/C9H16N2O3/c1-11(6-4-8(12)13)9(14)7-3-2-5-10-7/h7,10H,2-6H2,1H3,(H,12,13)/t7-/m1/s1. The van der Waals surface area contributed by atoms with E-state index in [0.717, 1.165) is 19.4 Å². The van der Waals surface area contributed by atoms with E-state index in [1.165, 1.54) is 4.90 Å². The van der Waals surface area contributed by atoms with Crippen LogP contribution in [0, 0.1) is 0 Å². The first kappa shape index (κ1) is 11.0. The third-order valence-corrected chi connectivity index (χ3v) is 2.40. The highest BCUT2D eigenvalue weighted by Gasteiger charge is 2.24. The van der Waals surface area contributed by atoms with Gasteiger partial charge in [0.15, 0.2) is 0 Å². The number of nitrogens with zero attached hydrogens (tertiary/aromatic N) is 1. The van der Waals surface area contributed by atoms with Gasteiger partial charge < -0.3 is 15.3 Å². The predicted molar refractivity (Wildman–Crippen MR) is 50.9 cm³/mol. The lowest BCUT2D eigenvalue weighted by atomic mass is 10.2. The molecule has 0 radical (unpaired) electrons. The van der Waals surface area contributed by atoms with Gasteiger partial charge in [-0.15, -0.1) is 0 Å². The third kappa shape index (κ3) is 2.99. The molecule has 0 unspecified atom stereocenters. The first-order chi connectivity index (χ1) is 6.61. The van der Waals surface area contributed by atoms with Crippen LogP contribution in [0.15, 0.2) is 0 Å². The monoisotopic (exact) mass is 200 g/mol. The van der Waals surface area contributed by atoms with Crippen LogP contribution in [0.25, 0.3) is 0 Å². The smallest absolute Gasteiger partial charge is 0.305 e. The van der Waals surface area contributed by atoms with Crippen LogP contribution in [0.1, 0.15) is 19.3 Å². The molecule has 14 heavy (non-hydrogen) atoms. The van der Waals surface area contributed by atoms with Crippen molar-refractivity contribution in [3.63, 3.8) is 0 Å². The number of likely N-dealkylation sites (N-methyl/N-ethyl adjacent to an activating group) is 1. The SMILES string of the molecule is CN(CCC(=O)O)C(=O)[C@H]1CCCN1. The molecule has 5 heteroatoms. The van der Waals surface area contributed by atoms with Crippen molar-refractivity contribution < 1.29 is 14.7 Å². The van der Waals surface area contributed by atoms with Gasteiger partial charge in [-0.3, -0.25) is 9.59 Å². The highest BCUT2D eigenvalue weighted by Crippen LogP contribution is 2.07. The number of carbonyl (C=O) groups excluding carboxylic acids is 1. The fourth-order valence-electron chi connectivity index (χ4n) is 1.53. The van der Waals surface area contributed by atoms with Crippen LogP contribution in [-0.4, -0.2) is 48.1 Å². The molecule has 0 bridgehead atoms. The Balaban J connectivity index is 2.31. The molecular weight excluding hydrogens is 184 g/mol. The summed E-state index contributed by atoms with van der Waals surface area (Å²) in [7, 11) is 1.64. The molecule has 1 amide bonds. The van der Waals surface area contributed by atoms with Crippen molar-refractivity contribution in [2.45, 2.75) is 25.3 Å². The Kier molecular flexibility index (Phi) is 3.88. The zero-order valence-corrected chi connectivity index (χ0v) is 8.32. The number of hydrogen-bond acceptors (Lipinski definition) is 3. The van der Waals surface area contributed by atoms with Crippen molar-refractivity contribution >= 4 is 11.9 Å². The van der Waals surface area contributed by atoms with Gasteiger partial charge in [-0.05, 0) is 19.4 Å². The van der Waals surface area contributed by atoms with E-state index < -0.39 is 5.97 Å². The van der Waals surface area contributed by atoms with E-state index in [9.17, 15) is 9.59 Å². The van der Waals surface area contributed by atoms with Crippen LogP contribution >= 0.6 is 0 Å². The molecule has 2 N–H and O–H groups in total. The van der Waals surface area contributed by atoms with Crippen molar-refractivity contribution in [1.82, 2.24) is 10.2 Å². The molecule has 1 saturated heterocycles. The van der Waals surface area contributed by atoms with Gasteiger partial charge in [0.05, 0.1) is 12.5 Å². The van der Waals surface area contributed by atoms with Crippen molar-refractivity contribution in [3.05, 3.63) is 0 Å². The average Bonchev–Trinajstić information content (AvgIpc) is 2.65. The first-order valence-electron chi connectivity index (χ1n) is 4.81. The van der Waals surface area contributed by atoms with Gasteiger partial charge >= 0.3 is 5.97 Å². The molecule has 0 aromatic heterocycles. The second-order valence-electron chi connectivity index (χ2n) is 3.55. The van der Waals surface area contributed by atoms with Crippen molar-refractivity contribution in [2.24, 2.45) is 0 Å². The first-order valence-corrected chi connectivity index (χ1v) is 4.81. The molecule has 1 fully saturated rings. The maximum absolute atomic E-state index is 11.6. The van der Waals surface area contributed by atoms with E-state index >= 15 is 0 Å². The topological polar surface area (TPSA) is 69.6 Å². The summed E-state index contributed by atoms with van der Waals surface area (Å²) in [4.78, 5) is 23.4. The summed E-state index contributed by atoms with van der Waals surface area (Å²) in [5, 5.41) is 11.5. The number of nitrogens with one attached hydrogen (secondary N) is 1. The number of carboxylic acid groups (broad SMARTS) is 1. The van der Waals surface area contributed by atoms with Crippen molar-refractivity contribution in [1.29, 1.82) is 0 Å². The van der Waals surface area contributed by atoms with Gasteiger partial charge in [0, 0.05) is 13.6 Å². The van der Waals surface area contributed by atoms with Gasteiger partial charge in [-0.25, -0.2) is 0 Å². The number of carboxylic acids is 1. The number of rotatable bonds is 4. The highest BCUT2D eigenvalue weighted by atomic mass is 16.4. The Morgan fingerprint density at radius 3 is 2.79 bits per heavy atom. The highest BCUT2D eigenvalue weighted by molar-refractivity contribution is 5.82. The molecule has 1 aliphatic rings. The Hall–Kier alpha value is -1.10. The number of amides is 1. The van der Waals surface area contributed by atoms with Crippen molar-refractivity contribution in [3.8, 4) is 0 Å². The minimum Gasteiger partial charge on any atom is -0.481 e.